The second kappa shape index (κ2) is 5.04. The van der Waals surface area contributed by atoms with Gasteiger partial charge in [0, 0.05) is 12.5 Å². The summed E-state index contributed by atoms with van der Waals surface area (Å²) in [6.45, 7) is 3.57. The van der Waals surface area contributed by atoms with Crippen LogP contribution in [0.5, 0.6) is 5.75 Å². The van der Waals surface area contributed by atoms with E-state index in [4.69, 9.17) is 4.74 Å². The maximum absolute atomic E-state index is 11.2. The van der Waals surface area contributed by atoms with Crippen LogP contribution in [-0.2, 0) is 6.42 Å². The van der Waals surface area contributed by atoms with Gasteiger partial charge in [0.2, 0.25) is 0 Å². The van der Waals surface area contributed by atoms with E-state index in [0.717, 1.165) is 29.0 Å². The van der Waals surface area contributed by atoms with E-state index in [1.54, 1.807) is 13.3 Å². The molecule has 0 saturated heterocycles. The van der Waals surface area contributed by atoms with Crippen LogP contribution in [0, 0.1) is 0 Å². The van der Waals surface area contributed by atoms with Gasteiger partial charge in [-0.1, -0.05) is 6.92 Å². The first-order chi connectivity index (χ1) is 8.65. The number of nitrogens with one attached hydrogen (secondary N) is 1. The molecule has 0 unspecified atom stereocenters. The number of Topliss-reactive ketones (excluding diaryl/α,β-unsaturated/α-hetero) is 1. The van der Waals surface area contributed by atoms with Crippen molar-refractivity contribution >= 4 is 5.78 Å². The number of aromatic nitrogens is 2. The summed E-state index contributed by atoms with van der Waals surface area (Å²) >= 11 is 0. The zero-order chi connectivity index (χ0) is 13.1. The zero-order valence-corrected chi connectivity index (χ0v) is 10.8. The van der Waals surface area contributed by atoms with E-state index in [9.17, 15) is 4.79 Å². The second-order valence-electron chi connectivity index (χ2n) is 4.08. The lowest BCUT2D eigenvalue weighted by Crippen LogP contribution is -1.94. The van der Waals surface area contributed by atoms with Crippen LogP contribution in [0.1, 0.15) is 30.0 Å². The van der Waals surface area contributed by atoms with Crippen molar-refractivity contribution in [3.63, 3.8) is 0 Å². The third-order valence-corrected chi connectivity index (χ3v) is 2.88. The molecule has 2 rings (SSSR count). The monoisotopic (exact) mass is 244 g/mol. The fourth-order valence-corrected chi connectivity index (χ4v) is 1.87. The molecule has 0 fully saturated rings. The molecule has 0 spiro atoms. The van der Waals surface area contributed by atoms with E-state index in [2.05, 4.69) is 23.0 Å². The predicted molar refractivity (Wildman–Crippen MR) is 70.0 cm³/mol. The van der Waals surface area contributed by atoms with E-state index in [-0.39, 0.29) is 5.78 Å². The standard InChI is InChI=1S/C14H16N2O2/c1-4-10-7-11(5-6-13(10)18-3)12-8-15-14(16-12)9(2)17/h5-8H,4H2,1-3H3,(H,15,16). The van der Waals surface area contributed by atoms with Crippen LogP contribution in [0.2, 0.25) is 0 Å². The van der Waals surface area contributed by atoms with Crippen molar-refractivity contribution in [3.05, 3.63) is 35.8 Å². The summed E-state index contributed by atoms with van der Waals surface area (Å²) in [5.74, 6) is 1.21. The number of nitrogens with zero attached hydrogens (tertiary/aromatic N) is 1. The number of aromatic amines is 1. The molecule has 0 saturated carbocycles. The minimum Gasteiger partial charge on any atom is -0.496 e. The van der Waals surface area contributed by atoms with Crippen LogP contribution in [0.25, 0.3) is 11.3 Å². The fraction of sp³-hybridized carbons (Fsp3) is 0.286. The molecule has 0 aliphatic rings. The quantitative estimate of drug-likeness (QED) is 0.841. The number of hydrogen-bond donors (Lipinski definition) is 1. The Hall–Kier alpha value is -2.10. The molecule has 2 aromatic rings. The van der Waals surface area contributed by atoms with Crippen molar-refractivity contribution in [1.29, 1.82) is 0 Å². The summed E-state index contributed by atoms with van der Waals surface area (Å²) in [5, 5.41) is 0. The van der Waals surface area contributed by atoms with Gasteiger partial charge in [-0.2, -0.15) is 0 Å². The third kappa shape index (κ3) is 2.27. The lowest BCUT2D eigenvalue weighted by molar-refractivity contribution is 0.100. The van der Waals surface area contributed by atoms with E-state index >= 15 is 0 Å². The van der Waals surface area contributed by atoms with Crippen LogP contribution in [0.4, 0.5) is 0 Å². The van der Waals surface area contributed by atoms with Crippen molar-refractivity contribution < 1.29 is 9.53 Å². The number of imidazole rings is 1. The number of ketones is 1. The van der Waals surface area contributed by atoms with Gasteiger partial charge in [-0.3, -0.25) is 4.79 Å². The number of rotatable bonds is 4. The number of ether oxygens (including phenoxy) is 1. The Labute approximate surface area is 106 Å². The van der Waals surface area contributed by atoms with Gasteiger partial charge < -0.3 is 9.72 Å². The first kappa shape index (κ1) is 12.4. The molecule has 1 aromatic carbocycles. The molecule has 18 heavy (non-hydrogen) atoms. The SMILES string of the molecule is CCc1cc(-c2cnc(C(C)=O)[nH]2)ccc1OC. The van der Waals surface area contributed by atoms with Crippen molar-refractivity contribution in [2.75, 3.05) is 7.11 Å². The molecule has 1 heterocycles. The first-order valence-electron chi connectivity index (χ1n) is 5.89. The minimum absolute atomic E-state index is 0.0644. The molecule has 0 aliphatic heterocycles. The van der Waals surface area contributed by atoms with Crippen molar-refractivity contribution in [2.45, 2.75) is 20.3 Å². The number of methoxy groups -OCH3 is 1. The van der Waals surface area contributed by atoms with Gasteiger partial charge in [-0.25, -0.2) is 4.98 Å². The molecule has 4 nitrogen and oxygen atoms in total. The molecule has 0 radical (unpaired) electrons. The number of hydrogen-bond acceptors (Lipinski definition) is 3. The van der Waals surface area contributed by atoms with Gasteiger partial charge in [0.15, 0.2) is 11.6 Å². The number of H-pyrrole nitrogens is 1. The van der Waals surface area contributed by atoms with E-state index in [1.165, 1.54) is 6.92 Å². The number of carbonyl (C=O) groups is 1. The average Bonchev–Trinajstić information content (AvgIpc) is 2.87. The summed E-state index contributed by atoms with van der Waals surface area (Å²) < 4.78 is 5.29. The number of aryl methyl sites for hydroxylation is 1. The molecule has 0 bridgehead atoms. The Morgan fingerprint density at radius 3 is 2.78 bits per heavy atom. The molecular weight excluding hydrogens is 228 g/mol. The van der Waals surface area contributed by atoms with Crippen LogP contribution in [0.3, 0.4) is 0 Å². The van der Waals surface area contributed by atoms with Crippen molar-refractivity contribution in [3.8, 4) is 17.0 Å². The van der Waals surface area contributed by atoms with Crippen LogP contribution in [-0.4, -0.2) is 22.9 Å². The van der Waals surface area contributed by atoms with E-state index in [1.807, 2.05) is 12.1 Å². The topological polar surface area (TPSA) is 55.0 Å². The van der Waals surface area contributed by atoms with Crippen LogP contribution in [0.15, 0.2) is 24.4 Å². The number of carbonyl (C=O) groups excluding carboxylic acids is 1. The lowest BCUT2D eigenvalue weighted by atomic mass is 10.1. The maximum Gasteiger partial charge on any atom is 0.194 e. The smallest absolute Gasteiger partial charge is 0.194 e. The highest BCUT2D eigenvalue weighted by Crippen LogP contribution is 2.26. The summed E-state index contributed by atoms with van der Waals surface area (Å²) in [7, 11) is 1.66. The third-order valence-electron chi connectivity index (χ3n) is 2.88. The normalized spacial score (nSPS) is 10.4. The van der Waals surface area contributed by atoms with Crippen LogP contribution < -0.4 is 4.74 Å². The summed E-state index contributed by atoms with van der Waals surface area (Å²) in [4.78, 5) is 18.3. The molecule has 94 valence electrons. The molecule has 0 aliphatic carbocycles. The highest BCUT2D eigenvalue weighted by atomic mass is 16.5. The van der Waals surface area contributed by atoms with Gasteiger partial charge in [0.25, 0.3) is 0 Å². The zero-order valence-electron chi connectivity index (χ0n) is 10.8. The fourth-order valence-electron chi connectivity index (χ4n) is 1.87. The highest BCUT2D eigenvalue weighted by Gasteiger charge is 2.09. The Kier molecular flexibility index (Phi) is 3.46. The molecule has 4 heteroatoms. The Balaban J connectivity index is 2.41. The average molecular weight is 244 g/mol. The molecule has 0 amide bonds. The van der Waals surface area contributed by atoms with Gasteiger partial charge in [0.05, 0.1) is 19.0 Å². The van der Waals surface area contributed by atoms with Crippen molar-refractivity contribution in [1.82, 2.24) is 9.97 Å². The Morgan fingerprint density at radius 1 is 1.44 bits per heavy atom. The van der Waals surface area contributed by atoms with Gasteiger partial charge in [0.1, 0.15) is 5.75 Å². The predicted octanol–water partition coefficient (Wildman–Crippen LogP) is 2.85. The van der Waals surface area contributed by atoms with E-state index in [0.29, 0.717) is 5.82 Å². The number of benzene rings is 1. The minimum atomic E-state index is -0.0644. The second-order valence-corrected chi connectivity index (χ2v) is 4.08. The van der Waals surface area contributed by atoms with Crippen LogP contribution >= 0.6 is 0 Å². The molecular formula is C14H16N2O2. The molecule has 0 atom stereocenters. The highest BCUT2D eigenvalue weighted by molar-refractivity contribution is 5.91. The summed E-state index contributed by atoms with van der Waals surface area (Å²) in [6.07, 6.45) is 2.57. The maximum atomic E-state index is 11.2. The first-order valence-corrected chi connectivity index (χ1v) is 5.89. The van der Waals surface area contributed by atoms with Gasteiger partial charge in [-0.15, -0.1) is 0 Å². The van der Waals surface area contributed by atoms with E-state index < -0.39 is 0 Å². The molecule has 1 N–H and O–H groups in total. The van der Waals surface area contributed by atoms with Crippen molar-refractivity contribution in [2.24, 2.45) is 0 Å². The Morgan fingerprint density at radius 2 is 2.22 bits per heavy atom. The molecule has 1 aromatic heterocycles. The van der Waals surface area contributed by atoms with Gasteiger partial charge >= 0.3 is 0 Å². The van der Waals surface area contributed by atoms with Gasteiger partial charge in [-0.05, 0) is 30.2 Å². The Bertz CT molecular complexity index is 573. The largest absolute Gasteiger partial charge is 0.496 e. The lowest BCUT2D eigenvalue weighted by Gasteiger charge is -2.08. The summed E-state index contributed by atoms with van der Waals surface area (Å²) in [5.41, 5.74) is 2.99. The summed E-state index contributed by atoms with van der Waals surface area (Å²) in [6, 6.07) is 5.94.